The fourth-order valence-electron chi connectivity index (χ4n) is 0.159. The summed E-state index contributed by atoms with van der Waals surface area (Å²) in [5.74, 6) is 0. The van der Waals surface area contributed by atoms with Gasteiger partial charge in [-0.15, -0.1) is 0 Å². The van der Waals surface area contributed by atoms with Gasteiger partial charge in [0, 0.05) is 12.7 Å². The SMILES string of the molecule is C=C(/C=C/F)NC. The maximum absolute atomic E-state index is 11.1. The van der Waals surface area contributed by atoms with E-state index in [1.165, 1.54) is 6.08 Å². The largest absolute Gasteiger partial charge is 0.389 e. The third-order valence-corrected chi connectivity index (χ3v) is 0.585. The van der Waals surface area contributed by atoms with Crippen molar-refractivity contribution in [1.82, 2.24) is 5.32 Å². The lowest BCUT2D eigenvalue weighted by molar-refractivity contribution is 0.718. The molecule has 0 atom stereocenters. The predicted octanol–water partition coefficient (Wildman–Crippen LogP) is 1.20. The highest BCUT2D eigenvalue weighted by atomic mass is 19.1. The van der Waals surface area contributed by atoms with Crippen molar-refractivity contribution in [3.05, 3.63) is 24.7 Å². The van der Waals surface area contributed by atoms with Crippen LogP contribution in [0, 0.1) is 0 Å². The van der Waals surface area contributed by atoms with E-state index in [0.717, 1.165) is 0 Å². The molecule has 0 aromatic rings. The maximum Gasteiger partial charge on any atom is 0.0887 e. The standard InChI is InChI=1S/C5H8FN/c1-5(7-2)3-4-6/h3-4,7H,1H2,2H3/b4-3+. The molecule has 0 aliphatic heterocycles. The zero-order chi connectivity index (χ0) is 5.70. The lowest BCUT2D eigenvalue weighted by Crippen LogP contribution is -1.99. The number of allylic oxidation sites excluding steroid dienone is 1. The van der Waals surface area contributed by atoms with Crippen molar-refractivity contribution in [2.45, 2.75) is 0 Å². The normalized spacial score (nSPS) is 9.43. The van der Waals surface area contributed by atoms with Gasteiger partial charge in [0.05, 0.1) is 6.33 Å². The molecule has 0 saturated heterocycles. The second-order valence-corrected chi connectivity index (χ2v) is 1.07. The topological polar surface area (TPSA) is 12.0 Å². The molecule has 0 amide bonds. The average molecular weight is 101 g/mol. The van der Waals surface area contributed by atoms with Crippen LogP contribution >= 0.6 is 0 Å². The number of halogens is 1. The highest BCUT2D eigenvalue weighted by Gasteiger charge is 1.73. The first kappa shape index (κ1) is 6.21. The molecule has 0 spiro atoms. The first-order valence-corrected chi connectivity index (χ1v) is 1.94. The van der Waals surface area contributed by atoms with Crippen LogP contribution in [-0.2, 0) is 0 Å². The van der Waals surface area contributed by atoms with E-state index in [9.17, 15) is 4.39 Å². The van der Waals surface area contributed by atoms with Crippen molar-refractivity contribution in [3.63, 3.8) is 0 Å². The fraction of sp³-hybridized carbons (Fsp3) is 0.200. The van der Waals surface area contributed by atoms with Crippen molar-refractivity contribution in [3.8, 4) is 0 Å². The molecule has 1 N–H and O–H groups in total. The van der Waals surface area contributed by atoms with E-state index in [1.54, 1.807) is 7.05 Å². The van der Waals surface area contributed by atoms with Gasteiger partial charge < -0.3 is 5.32 Å². The first-order chi connectivity index (χ1) is 3.31. The lowest BCUT2D eigenvalue weighted by Gasteiger charge is -1.90. The minimum absolute atomic E-state index is 0.443. The molecule has 0 heterocycles. The highest BCUT2D eigenvalue weighted by molar-refractivity contribution is 5.08. The van der Waals surface area contributed by atoms with Gasteiger partial charge in [0.15, 0.2) is 0 Å². The second-order valence-electron chi connectivity index (χ2n) is 1.07. The Morgan fingerprint density at radius 1 is 1.86 bits per heavy atom. The van der Waals surface area contributed by atoms with Gasteiger partial charge in [-0.1, -0.05) is 6.58 Å². The molecular formula is C5H8FN. The molecule has 0 unspecified atom stereocenters. The van der Waals surface area contributed by atoms with E-state index >= 15 is 0 Å². The van der Waals surface area contributed by atoms with Crippen LogP contribution in [0.4, 0.5) is 4.39 Å². The smallest absolute Gasteiger partial charge is 0.0887 e. The molecule has 0 bridgehead atoms. The van der Waals surface area contributed by atoms with Crippen LogP contribution in [0.25, 0.3) is 0 Å². The van der Waals surface area contributed by atoms with Gasteiger partial charge in [-0.3, -0.25) is 0 Å². The average Bonchev–Trinajstić information content (AvgIpc) is 1.68. The highest BCUT2D eigenvalue weighted by Crippen LogP contribution is 1.82. The molecule has 0 aliphatic carbocycles. The fourth-order valence-corrected chi connectivity index (χ4v) is 0.159. The van der Waals surface area contributed by atoms with Crippen LogP contribution in [0.15, 0.2) is 24.7 Å². The van der Waals surface area contributed by atoms with Crippen molar-refractivity contribution >= 4 is 0 Å². The molecule has 0 radical (unpaired) electrons. The van der Waals surface area contributed by atoms with Gasteiger partial charge in [-0.25, -0.2) is 4.39 Å². The third-order valence-electron chi connectivity index (χ3n) is 0.585. The Morgan fingerprint density at radius 3 is 2.57 bits per heavy atom. The summed E-state index contributed by atoms with van der Waals surface area (Å²) in [5.41, 5.74) is 0.572. The molecule has 0 saturated carbocycles. The molecule has 0 fully saturated rings. The quantitative estimate of drug-likeness (QED) is 0.515. The molecule has 0 aliphatic rings. The first-order valence-electron chi connectivity index (χ1n) is 1.94. The van der Waals surface area contributed by atoms with Gasteiger partial charge in [0.25, 0.3) is 0 Å². The predicted molar refractivity (Wildman–Crippen MR) is 28.4 cm³/mol. The summed E-state index contributed by atoms with van der Waals surface area (Å²) >= 11 is 0. The van der Waals surface area contributed by atoms with Crippen LogP contribution in [0.2, 0.25) is 0 Å². The van der Waals surface area contributed by atoms with E-state index in [2.05, 4.69) is 11.9 Å². The Bertz CT molecular complexity index is 86.1. The Balaban J connectivity index is 3.37. The summed E-state index contributed by atoms with van der Waals surface area (Å²) in [6.45, 7) is 3.42. The van der Waals surface area contributed by atoms with E-state index in [-0.39, 0.29) is 0 Å². The number of hydrogen-bond acceptors (Lipinski definition) is 1. The molecule has 1 nitrogen and oxygen atoms in total. The molecular weight excluding hydrogens is 93.1 g/mol. The lowest BCUT2D eigenvalue weighted by atomic mass is 10.5. The molecule has 0 aromatic heterocycles. The summed E-state index contributed by atoms with van der Waals surface area (Å²) in [4.78, 5) is 0. The summed E-state index contributed by atoms with van der Waals surface area (Å²) in [5, 5.41) is 2.64. The van der Waals surface area contributed by atoms with E-state index < -0.39 is 0 Å². The zero-order valence-electron chi connectivity index (χ0n) is 4.24. The zero-order valence-corrected chi connectivity index (χ0v) is 4.24. The van der Waals surface area contributed by atoms with Gasteiger partial charge in [-0.2, -0.15) is 0 Å². The Kier molecular flexibility index (Phi) is 3.02. The number of hydrogen-bond donors (Lipinski definition) is 1. The van der Waals surface area contributed by atoms with Gasteiger partial charge in [0.2, 0.25) is 0 Å². The monoisotopic (exact) mass is 101 g/mol. The van der Waals surface area contributed by atoms with Crippen LogP contribution < -0.4 is 5.32 Å². The Labute approximate surface area is 42.5 Å². The molecule has 0 rings (SSSR count). The van der Waals surface area contributed by atoms with Crippen molar-refractivity contribution in [2.75, 3.05) is 7.05 Å². The van der Waals surface area contributed by atoms with Gasteiger partial charge in [0.1, 0.15) is 0 Å². The van der Waals surface area contributed by atoms with Gasteiger partial charge >= 0.3 is 0 Å². The van der Waals surface area contributed by atoms with E-state index in [4.69, 9.17) is 0 Å². The van der Waals surface area contributed by atoms with Crippen molar-refractivity contribution < 1.29 is 4.39 Å². The van der Waals surface area contributed by atoms with Crippen LogP contribution in [0.1, 0.15) is 0 Å². The number of likely N-dealkylation sites (N-methyl/N-ethyl adjacent to an activating group) is 1. The summed E-state index contributed by atoms with van der Waals surface area (Å²) in [7, 11) is 1.68. The molecule has 2 heteroatoms. The minimum Gasteiger partial charge on any atom is -0.389 e. The van der Waals surface area contributed by atoms with Crippen LogP contribution in [0.3, 0.4) is 0 Å². The van der Waals surface area contributed by atoms with E-state index in [1.807, 2.05) is 0 Å². The van der Waals surface area contributed by atoms with E-state index in [0.29, 0.717) is 12.0 Å². The van der Waals surface area contributed by atoms with Crippen molar-refractivity contribution in [1.29, 1.82) is 0 Å². The second kappa shape index (κ2) is 3.40. The van der Waals surface area contributed by atoms with Crippen LogP contribution in [0.5, 0.6) is 0 Å². The maximum atomic E-state index is 11.1. The third kappa shape index (κ3) is 3.03. The molecule has 7 heavy (non-hydrogen) atoms. The Morgan fingerprint density at radius 2 is 2.43 bits per heavy atom. The number of nitrogens with one attached hydrogen (secondary N) is 1. The molecule has 40 valence electrons. The van der Waals surface area contributed by atoms with Crippen molar-refractivity contribution in [2.24, 2.45) is 0 Å². The molecule has 0 aromatic carbocycles. The summed E-state index contributed by atoms with van der Waals surface area (Å²) < 4.78 is 11.1. The Hall–Kier alpha value is -0.790. The summed E-state index contributed by atoms with van der Waals surface area (Å²) in [6.07, 6.45) is 1.69. The van der Waals surface area contributed by atoms with Gasteiger partial charge in [-0.05, 0) is 6.08 Å². The van der Waals surface area contributed by atoms with Crippen LogP contribution in [-0.4, -0.2) is 7.05 Å². The number of rotatable bonds is 2. The summed E-state index contributed by atoms with van der Waals surface area (Å²) in [6, 6.07) is 0. The minimum atomic E-state index is 0.443.